The molecule has 0 unspecified atom stereocenters. The molecule has 0 aliphatic heterocycles. The molecule has 0 spiro atoms. The summed E-state index contributed by atoms with van der Waals surface area (Å²) >= 11 is 0. The van der Waals surface area contributed by atoms with E-state index in [4.69, 9.17) is 5.21 Å². The first-order valence-electron chi connectivity index (χ1n) is 4.04. The van der Waals surface area contributed by atoms with Crippen LogP contribution in [0.4, 0.5) is 5.69 Å². The maximum absolute atomic E-state index is 10.3. The van der Waals surface area contributed by atoms with Crippen LogP contribution in [0, 0.1) is 10.1 Å². The minimum absolute atomic E-state index is 0.0624. The Labute approximate surface area is 80.8 Å². The van der Waals surface area contributed by atoms with E-state index in [0.717, 1.165) is 5.56 Å². The highest BCUT2D eigenvalue weighted by Gasteiger charge is 2.04. The zero-order valence-corrected chi connectivity index (χ0v) is 7.67. The minimum atomic E-state index is -0.448. The molecule has 74 valence electrons. The largest absolute Gasteiger partial charge is 0.411 e. The minimum Gasteiger partial charge on any atom is -0.411 e. The molecule has 1 aromatic rings. The second-order valence-corrected chi connectivity index (χ2v) is 2.94. The molecule has 0 saturated carbocycles. The molecule has 0 aliphatic carbocycles. The van der Waals surface area contributed by atoms with Crippen LogP contribution in [0.2, 0.25) is 0 Å². The molecule has 0 amide bonds. The Kier molecular flexibility index (Phi) is 3.17. The number of nitro benzene ring substituents is 1. The molecule has 14 heavy (non-hydrogen) atoms. The van der Waals surface area contributed by atoms with Crippen molar-refractivity contribution in [2.24, 2.45) is 5.16 Å². The smallest absolute Gasteiger partial charge is 0.269 e. The number of hydrogen-bond donors (Lipinski definition) is 1. The number of hydrogen-bond acceptors (Lipinski definition) is 4. The SMILES string of the molecule is C/C(Cc1ccc([N+](=O)[O-])cc1)=N/O. The van der Waals surface area contributed by atoms with Gasteiger partial charge in [-0.05, 0) is 12.5 Å². The Balaban J connectivity index is 2.79. The van der Waals surface area contributed by atoms with Gasteiger partial charge in [-0.3, -0.25) is 10.1 Å². The Morgan fingerprint density at radius 1 is 1.50 bits per heavy atom. The predicted molar refractivity (Wildman–Crippen MR) is 51.7 cm³/mol. The van der Waals surface area contributed by atoms with Crippen LogP contribution in [0.3, 0.4) is 0 Å². The van der Waals surface area contributed by atoms with Crippen LogP contribution in [0.5, 0.6) is 0 Å². The second kappa shape index (κ2) is 4.36. The van der Waals surface area contributed by atoms with Gasteiger partial charge in [-0.1, -0.05) is 17.3 Å². The first-order valence-corrected chi connectivity index (χ1v) is 4.04. The van der Waals surface area contributed by atoms with Crippen molar-refractivity contribution in [1.29, 1.82) is 0 Å². The lowest BCUT2D eigenvalue weighted by molar-refractivity contribution is -0.384. The average molecular weight is 194 g/mol. The van der Waals surface area contributed by atoms with E-state index in [1.807, 2.05) is 0 Å². The molecule has 0 atom stereocenters. The fourth-order valence-corrected chi connectivity index (χ4v) is 1.07. The number of nitrogens with zero attached hydrogens (tertiary/aromatic N) is 2. The highest BCUT2D eigenvalue weighted by atomic mass is 16.6. The van der Waals surface area contributed by atoms with E-state index in [9.17, 15) is 10.1 Å². The first kappa shape index (κ1) is 10.2. The van der Waals surface area contributed by atoms with Gasteiger partial charge in [-0.25, -0.2) is 0 Å². The van der Waals surface area contributed by atoms with Crippen LogP contribution >= 0.6 is 0 Å². The van der Waals surface area contributed by atoms with Gasteiger partial charge in [0.1, 0.15) is 0 Å². The van der Waals surface area contributed by atoms with Gasteiger partial charge in [0.05, 0.1) is 10.6 Å². The molecule has 0 fully saturated rings. The molecule has 1 aromatic carbocycles. The van der Waals surface area contributed by atoms with Gasteiger partial charge in [-0.15, -0.1) is 0 Å². The fourth-order valence-electron chi connectivity index (χ4n) is 1.07. The Morgan fingerprint density at radius 2 is 2.07 bits per heavy atom. The molecular weight excluding hydrogens is 184 g/mol. The lowest BCUT2D eigenvalue weighted by Gasteiger charge is -1.98. The van der Waals surface area contributed by atoms with E-state index in [0.29, 0.717) is 12.1 Å². The van der Waals surface area contributed by atoms with Crippen molar-refractivity contribution < 1.29 is 10.1 Å². The van der Waals surface area contributed by atoms with Crippen molar-refractivity contribution in [2.45, 2.75) is 13.3 Å². The van der Waals surface area contributed by atoms with Crippen molar-refractivity contribution in [1.82, 2.24) is 0 Å². The lowest BCUT2D eigenvalue weighted by Crippen LogP contribution is -1.97. The second-order valence-electron chi connectivity index (χ2n) is 2.94. The lowest BCUT2D eigenvalue weighted by atomic mass is 10.1. The maximum atomic E-state index is 10.3. The van der Waals surface area contributed by atoms with E-state index in [1.165, 1.54) is 12.1 Å². The summed E-state index contributed by atoms with van der Waals surface area (Å²) in [6.45, 7) is 1.68. The van der Waals surface area contributed by atoms with E-state index >= 15 is 0 Å². The molecule has 1 N–H and O–H groups in total. The number of rotatable bonds is 3. The summed E-state index contributed by atoms with van der Waals surface area (Å²) in [5, 5.41) is 21.8. The molecule has 0 saturated heterocycles. The van der Waals surface area contributed by atoms with Gasteiger partial charge < -0.3 is 5.21 Å². The third-order valence-electron chi connectivity index (χ3n) is 1.78. The van der Waals surface area contributed by atoms with Crippen molar-refractivity contribution in [3.63, 3.8) is 0 Å². The monoisotopic (exact) mass is 194 g/mol. The summed E-state index contributed by atoms with van der Waals surface area (Å²) in [7, 11) is 0. The average Bonchev–Trinajstić information content (AvgIpc) is 2.18. The summed E-state index contributed by atoms with van der Waals surface area (Å²) in [5.41, 5.74) is 1.51. The summed E-state index contributed by atoms with van der Waals surface area (Å²) in [5.74, 6) is 0. The van der Waals surface area contributed by atoms with Crippen LogP contribution < -0.4 is 0 Å². The van der Waals surface area contributed by atoms with Gasteiger partial charge >= 0.3 is 0 Å². The molecule has 0 aromatic heterocycles. The van der Waals surface area contributed by atoms with Crippen LogP contribution in [0.15, 0.2) is 29.4 Å². The Morgan fingerprint density at radius 3 is 2.50 bits per heavy atom. The third-order valence-corrected chi connectivity index (χ3v) is 1.78. The van der Waals surface area contributed by atoms with Crippen LogP contribution in [0.25, 0.3) is 0 Å². The third kappa shape index (κ3) is 2.55. The van der Waals surface area contributed by atoms with E-state index in [1.54, 1.807) is 19.1 Å². The van der Waals surface area contributed by atoms with E-state index in [-0.39, 0.29) is 5.69 Å². The van der Waals surface area contributed by atoms with Gasteiger partial charge in [-0.2, -0.15) is 0 Å². The normalized spacial score (nSPS) is 11.4. The molecule has 5 heteroatoms. The predicted octanol–water partition coefficient (Wildman–Crippen LogP) is 1.99. The van der Waals surface area contributed by atoms with Crippen molar-refractivity contribution in [3.05, 3.63) is 39.9 Å². The highest BCUT2D eigenvalue weighted by Crippen LogP contribution is 2.12. The van der Waals surface area contributed by atoms with Crippen LogP contribution in [-0.4, -0.2) is 15.8 Å². The molecule has 0 radical (unpaired) electrons. The number of oxime groups is 1. The highest BCUT2D eigenvalue weighted by molar-refractivity contribution is 5.83. The summed E-state index contributed by atoms with van der Waals surface area (Å²) < 4.78 is 0. The fraction of sp³-hybridized carbons (Fsp3) is 0.222. The van der Waals surface area contributed by atoms with Crippen molar-refractivity contribution in [2.75, 3.05) is 0 Å². The topological polar surface area (TPSA) is 75.7 Å². The number of non-ortho nitro benzene ring substituents is 1. The zero-order valence-electron chi connectivity index (χ0n) is 7.67. The Bertz CT molecular complexity index is 357. The summed E-state index contributed by atoms with van der Waals surface area (Å²) in [4.78, 5) is 9.88. The van der Waals surface area contributed by atoms with Crippen LogP contribution in [0.1, 0.15) is 12.5 Å². The van der Waals surface area contributed by atoms with Crippen molar-refractivity contribution in [3.8, 4) is 0 Å². The quantitative estimate of drug-likeness (QED) is 0.346. The van der Waals surface area contributed by atoms with Crippen molar-refractivity contribution >= 4 is 11.4 Å². The van der Waals surface area contributed by atoms with Gasteiger partial charge in [0, 0.05) is 18.6 Å². The van der Waals surface area contributed by atoms with Gasteiger partial charge in [0.2, 0.25) is 0 Å². The van der Waals surface area contributed by atoms with Crippen LogP contribution in [-0.2, 0) is 6.42 Å². The maximum Gasteiger partial charge on any atom is 0.269 e. The zero-order chi connectivity index (χ0) is 10.6. The number of nitro groups is 1. The summed E-state index contributed by atoms with van der Waals surface area (Å²) in [6, 6.07) is 6.15. The van der Waals surface area contributed by atoms with Gasteiger partial charge in [0.25, 0.3) is 5.69 Å². The molecule has 1 rings (SSSR count). The van der Waals surface area contributed by atoms with E-state index in [2.05, 4.69) is 5.16 Å². The molecule has 5 nitrogen and oxygen atoms in total. The molecular formula is C9H10N2O3. The summed E-state index contributed by atoms with van der Waals surface area (Å²) in [6.07, 6.45) is 0.495. The number of benzene rings is 1. The molecule has 0 heterocycles. The first-order chi connectivity index (χ1) is 6.63. The van der Waals surface area contributed by atoms with Gasteiger partial charge in [0.15, 0.2) is 0 Å². The standard InChI is InChI=1S/C9H10N2O3/c1-7(10-12)6-8-2-4-9(5-3-8)11(13)14/h2-5,12H,6H2,1H3/b10-7-. The van der Waals surface area contributed by atoms with E-state index < -0.39 is 4.92 Å². The Hall–Kier alpha value is -1.91. The molecule has 0 bridgehead atoms. The molecule has 0 aliphatic rings.